The van der Waals surface area contributed by atoms with Crippen LogP contribution in [0.1, 0.15) is 0 Å². The van der Waals surface area contributed by atoms with Crippen LogP contribution in [-0.4, -0.2) is 39.7 Å². The third-order valence-electron chi connectivity index (χ3n) is 3.71. The first-order chi connectivity index (χ1) is 11.3. The number of aromatic nitrogens is 3. The fourth-order valence-corrected chi connectivity index (χ4v) is 2.86. The van der Waals surface area contributed by atoms with Crippen molar-refractivity contribution in [3.8, 4) is 16.9 Å². The van der Waals surface area contributed by atoms with Gasteiger partial charge in [0.15, 0.2) is 11.1 Å². The van der Waals surface area contributed by atoms with Gasteiger partial charge in [0.1, 0.15) is 11.6 Å². The van der Waals surface area contributed by atoms with Crippen LogP contribution in [0.4, 0.5) is 5.82 Å². The number of ether oxygens (including phenoxy) is 1. The largest absolute Gasteiger partial charge is 0.479 e. The molecule has 0 saturated carbocycles. The molecule has 0 saturated heterocycles. The number of hydrogen-bond donors (Lipinski definition) is 3. The number of thiol groups is 1. The third-order valence-corrected chi connectivity index (χ3v) is 4.00. The number of nitrogens with one attached hydrogen (secondary N) is 2. The molecule has 118 valence electrons. The lowest BCUT2D eigenvalue weighted by atomic mass is 10.1. The van der Waals surface area contributed by atoms with Crippen molar-refractivity contribution in [2.75, 3.05) is 25.0 Å². The molecule has 1 atom stereocenters. The zero-order valence-electron chi connectivity index (χ0n) is 12.4. The minimum Gasteiger partial charge on any atom is -0.479 e. The number of anilines is 1. The Balaban J connectivity index is 1.83. The fraction of sp³-hybridized carbons (Fsp3) is 0.250. The number of fused-ring (bicyclic) bond motifs is 4. The van der Waals surface area contributed by atoms with Gasteiger partial charge in [0.2, 0.25) is 0 Å². The molecule has 3 aromatic rings. The summed E-state index contributed by atoms with van der Waals surface area (Å²) in [5.74, 6) is 1.63. The molecule has 0 spiro atoms. The van der Waals surface area contributed by atoms with Crippen LogP contribution in [0.3, 0.4) is 0 Å². The molecule has 3 heterocycles. The quantitative estimate of drug-likeness (QED) is 0.552. The Morgan fingerprint density at radius 1 is 1.26 bits per heavy atom. The molecule has 1 aromatic carbocycles. The fourth-order valence-electron chi connectivity index (χ4n) is 2.61. The summed E-state index contributed by atoms with van der Waals surface area (Å²) in [5, 5.41) is 11.0. The van der Waals surface area contributed by atoms with Crippen LogP contribution in [0.15, 0.2) is 42.7 Å². The van der Waals surface area contributed by atoms with E-state index in [9.17, 15) is 0 Å². The minimum absolute atomic E-state index is 0.198. The summed E-state index contributed by atoms with van der Waals surface area (Å²) in [4.78, 5) is 4.68. The molecule has 4 bridgehead atoms. The van der Waals surface area contributed by atoms with Crippen LogP contribution in [0.2, 0.25) is 0 Å². The molecule has 7 heteroatoms. The van der Waals surface area contributed by atoms with Crippen LogP contribution in [0.5, 0.6) is 5.75 Å². The average Bonchev–Trinajstić information content (AvgIpc) is 2.97. The van der Waals surface area contributed by atoms with E-state index in [-0.39, 0.29) is 5.44 Å². The van der Waals surface area contributed by atoms with Gasteiger partial charge in [-0.1, -0.05) is 12.1 Å². The van der Waals surface area contributed by atoms with Gasteiger partial charge in [-0.25, -0.2) is 9.50 Å². The Bertz CT molecular complexity index is 834. The Hall–Kier alpha value is -2.25. The lowest BCUT2D eigenvalue weighted by Gasteiger charge is -2.16. The van der Waals surface area contributed by atoms with Crippen molar-refractivity contribution in [2.24, 2.45) is 0 Å². The second-order valence-corrected chi connectivity index (χ2v) is 5.95. The highest BCUT2D eigenvalue weighted by molar-refractivity contribution is 7.80. The molecule has 1 aliphatic heterocycles. The molecular formula is C16H17N5OS. The molecule has 23 heavy (non-hydrogen) atoms. The Morgan fingerprint density at radius 2 is 2.22 bits per heavy atom. The second-order valence-electron chi connectivity index (χ2n) is 5.37. The maximum atomic E-state index is 5.86. The van der Waals surface area contributed by atoms with Gasteiger partial charge in [-0.05, 0) is 23.8 Å². The van der Waals surface area contributed by atoms with Crippen molar-refractivity contribution in [1.82, 2.24) is 19.9 Å². The van der Waals surface area contributed by atoms with Crippen LogP contribution >= 0.6 is 12.6 Å². The Morgan fingerprint density at radius 3 is 3.17 bits per heavy atom. The summed E-state index contributed by atoms with van der Waals surface area (Å²) >= 11 is 4.48. The van der Waals surface area contributed by atoms with E-state index in [4.69, 9.17) is 4.74 Å². The van der Waals surface area contributed by atoms with Gasteiger partial charge in [-0.3, -0.25) is 0 Å². The first-order valence-corrected chi connectivity index (χ1v) is 8.05. The van der Waals surface area contributed by atoms with Gasteiger partial charge < -0.3 is 15.4 Å². The zero-order valence-corrected chi connectivity index (χ0v) is 13.3. The lowest BCUT2D eigenvalue weighted by Crippen LogP contribution is -2.31. The van der Waals surface area contributed by atoms with E-state index in [0.717, 1.165) is 41.4 Å². The SMILES string of the molecule is SC1CNCCNc2ccn3ncc(c3n2)-c2cccc(c2)O1. The van der Waals surface area contributed by atoms with Crippen molar-refractivity contribution in [3.05, 3.63) is 42.7 Å². The standard InChI is InChI=1S/C16H17N5OS/c23-15-10-17-5-6-18-14-4-7-21-16(20-14)13(9-19-21)11-2-1-3-12(8-11)22-15/h1-4,7-9,15,17,23H,5-6,10H2,(H,18,20). The van der Waals surface area contributed by atoms with E-state index in [2.05, 4.69) is 33.3 Å². The predicted molar refractivity (Wildman–Crippen MR) is 93.2 cm³/mol. The average molecular weight is 327 g/mol. The molecule has 1 unspecified atom stereocenters. The second kappa shape index (κ2) is 6.10. The van der Waals surface area contributed by atoms with Gasteiger partial charge >= 0.3 is 0 Å². The van der Waals surface area contributed by atoms with Crippen LogP contribution in [-0.2, 0) is 0 Å². The highest BCUT2D eigenvalue weighted by Crippen LogP contribution is 2.28. The maximum absolute atomic E-state index is 5.86. The highest BCUT2D eigenvalue weighted by atomic mass is 32.1. The van der Waals surface area contributed by atoms with Crippen LogP contribution < -0.4 is 15.4 Å². The predicted octanol–water partition coefficient (Wildman–Crippen LogP) is 2.05. The number of nitrogens with zero attached hydrogens (tertiary/aromatic N) is 3. The Labute approximate surface area is 139 Å². The van der Waals surface area contributed by atoms with Gasteiger partial charge in [-0.15, -0.1) is 12.6 Å². The number of rotatable bonds is 0. The Kier molecular flexibility index (Phi) is 3.80. The van der Waals surface area contributed by atoms with Gasteiger partial charge in [0.05, 0.1) is 6.20 Å². The zero-order chi connectivity index (χ0) is 15.6. The summed E-state index contributed by atoms with van der Waals surface area (Å²) in [6.07, 6.45) is 3.74. The monoisotopic (exact) mass is 327 g/mol. The summed E-state index contributed by atoms with van der Waals surface area (Å²) in [5.41, 5.74) is 2.62. The van der Waals surface area contributed by atoms with E-state index in [1.807, 2.05) is 42.7 Å². The molecule has 0 amide bonds. The van der Waals surface area contributed by atoms with Crippen LogP contribution in [0, 0.1) is 0 Å². The van der Waals surface area contributed by atoms with Gasteiger partial charge in [0, 0.05) is 31.4 Å². The molecule has 4 rings (SSSR count). The molecule has 0 fully saturated rings. The van der Waals surface area contributed by atoms with E-state index in [1.165, 1.54) is 0 Å². The van der Waals surface area contributed by atoms with Crippen molar-refractivity contribution in [1.29, 1.82) is 0 Å². The van der Waals surface area contributed by atoms with Gasteiger partial charge in [0.25, 0.3) is 0 Å². The smallest absolute Gasteiger partial charge is 0.165 e. The number of hydrogen-bond acceptors (Lipinski definition) is 6. The maximum Gasteiger partial charge on any atom is 0.165 e. The molecule has 1 aliphatic rings. The third kappa shape index (κ3) is 2.97. The lowest BCUT2D eigenvalue weighted by molar-refractivity contribution is 0.284. The molecule has 0 aliphatic carbocycles. The van der Waals surface area contributed by atoms with Crippen LogP contribution in [0.25, 0.3) is 16.8 Å². The summed E-state index contributed by atoms with van der Waals surface area (Å²) < 4.78 is 7.64. The molecule has 0 radical (unpaired) electrons. The molecular weight excluding hydrogens is 310 g/mol. The first kappa shape index (κ1) is 14.3. The number of benzene rings is 1. The van der Waals surface area contributed by atoms with E-state index >= 15 is 0 Å². The van der Waals surface area contributed by atoms with E-state index in [1.54, 1.807) is 4.52 Å². The van der Waals surface area contributed by atoms with E-state index < -0.39 is 0 Å². The molecule has 2 N–H and O–H groups in total. The van der Waals surface area contributed by atoms with Crippen molar-refractivity contribution in [2.45, 2.75) is 5.44 Å². The van der Waals surface area contributed by atoms with Crippen molar-refractivity contribution in [3.63, 3.8) is 0 Å². The molecule has 2 aromatic heterocycles. The van der Waals surface area contributed by atoms with Gasteiger partial charge in [-0.2, -0.15) is 5.10 Å². The van der Waals surface area contributed by atoms with Crippen molar-refractivity contribution >= 4 is 24.1 Å². The normalized spacial score (nSPS) is 18.2. The minimum atomic E-state index is -0.198. The summed E-state index contributed by atoms with van der Waals surface area (Å²) in [7, 11) is 0. The summed E-state index contributed by atoms with van der Waals surface area (Å²) in [6, 6.07) is 9.86. The topological polar surface area (TPSA) is 63.5 Å². The summed E-state index contributed by atoms with van der Waals surface area (Å²) in [6.45, 7) is 2.25. The van der Waals surface area contributed by atoms with E-state index in [0.29, 0.717) is 6.54 Å². The first-order valence-electron chi connectivity index (χ1n) is 7.54. The molecule has 6 nitrogen and oxygen atoms in total. The highest BCUT2D eigenvalue weighted by Gasteiger charge is 2.12. The van der Waals surface area contributed by atoms with Crippen molar-refractivity contribution < 1.29 is 4.74 Å².